The van der Waals surface area contributed by atoms with Gasteiger partial charge in [0.1, 0.15) is 5.82 Å². The van der Waals surface area contributed by atoms with Crippen molar-refractivity contribution in [1.29, 1.82) is 0 Å². The zero-order valence-corrected chi connectivity index (χ0v) is 15.3. The molecule has 1 saturated heterocycles. The summed E-state index contributed by atoms with van der Waals surface area (Å²) in [6.45, 7) is 0.990. The lowest BCUT2D eigenvalue weighted by molar-refractivity contribution is -0.385. The van der Waals surface area contributed by atoms with Crippen molar-refractivity contribution in [3.8, 4) is 5.75 Å². The van der Waals surface area contributed by atoms with Crippen LogP contribution in [0, 0.1) is 15.9 Å². The number of hydrogen-bond acceptors (Lipinski definition) is 5. The van der Waals surface area contributed by atoms with E-state index in [2.05, 4.69) is 0 Å². The molecule has 0 aliphatic carbocycles. The summed E-state index contributed by atoms with van der Waals surface area (Å²) in [6.07, 6.45) is 1.74. The maximum atomic E-state index is 13.1. The van der Waals surface area contributed by atoms with E-state index in [-0.39, 0.29) is 42.4 Å². The first-order valence-electron chi connectivity index (χ1n) is 9.03. The van der Waals surface area contributed by atoms with Gasteiger partial charge >= 0.3 is 5.69 Å². The van der Waals surface area contributed by atoms with Gasteiger partial charge < -0.3 is 14.4 Å². The van der Waals surface area contributed by atoms with Gasteiger partial charge in [-0.15, -0.1) is 0 Å². The molecule has 1 heterocycles. The molecule has 8 heteroatoms. The number of halogens is 1. The monoisotopic (exact) mass is 388 g/mol. The Morgan fingerprint density at radius 1 is 1.25 bits per heavy atom. The molecule has 0 N–H and O–H groups in total. The van der Waals surface area contributed by atoms with Crippen LogP contribution in [-0.2, 0) is 16.1 Å². The van der Waals surface area contributed by atoms with E-state index >= 15 is 0 Å². The minimum Gasteiger partial charge on any atom is -0.477 e. The number of para-hydroxylation sites is 2. The molecule has 1 aliphatic heterocycles. The molecule has 1 fully saturated rings. The summed E-state index contributed by atoms with van der Waals surface area (Å²) in [4.78, 5) is 24.9. The van der Waals surface area contributed by atoms with Crippen molar-refractivity contribution in [2.24, 2.45) is 0 Å². The Labute approximate surface area is 161 Å². The zero-order valence-electron chi connectivity index (χ0n) is 15.3. The fourth-order valence-corrected chi connectivity index (χ4v) is 3.06. The Hall–Kier alpha value is -3.00. The van der Waals surface area contributed by atoms with Crippen LogP contribution in [0.5, 0.6) is 5.75 Å². The number of hydrogen-bond donors (Lipinski definition) is 0. The molecule has 0 aromatic heterocycles. The summed E-state index contributed by atoms with van der Waals surface area (Å²) < 4.78 is 24.2. The molecule has 2 aromatic rings. The molecule has 0 saturated carbocycles. The number of rotatable bonds is 8. The van der Waals surface area contributed by atoms with Gasteiger partial charge in [-0.3, -0.25) is 14.9 Å². The minimum absolute atomic E-state index is 0.0414. The van der Waals surface area contributed by atoms with Crippen molar-refractivity contribution in [2.75, 3.05) is 19.8 Å². The number of ether oxygens (including phenoxy) is 2. The largest absolute Gasteiger partial charge is 0.477 e. The van der Waals surface area contributed by atoms with Crippen LogP contribution in [-0.4, -0.2) is 41.6 Å². The average Bonchev–Trinajstić information content (AvgIpc) is 3.20. The van der Waals surface area contributed by atoms with E-state index in [9.17, 15) is 19.3 Å². The van der Waals surface area contributed by atoms with E-state index in [1.165, 1.54) is 30.3 Å². The van der Waals surface area contributed by atoms with E-state index in [4.69, 9.17) is 9.47 Å². The Balaban J connectivity index is 1.68. The van der Waals surface area contributed by atoms with Gasteiger partial charge in [-0.05, 0) is 36.6 Å². The highest BCUT2D eigenvalue weighted by atomic mass is 19.1. The van der Waals surface area contributed by atoms with Gasteiger partial charge in [-0.1, -0.05) is 24.3 Å². The van der Waals surface area contributed by atoms with Gasteiger partial charge in [0.05, 0.1) is 11.0 Å². The highest BCUT2D eigenvalue weighted by Crippen LogP contribution is 2.26. The number of nitro benzene ring substituents is 1. The Morgan fingerprint density at radius 3 is 2.68 bits per heavy atom. The second kappa shape index (κ2) is 9.27. The highest BCUT2D eigenvalue weighted by molar-refractivity contribution is 5.78. The predicted molar refractivity (Wildman–Crippen MR) is 99.4 cm³/mol. The first-order chi connectivity index (χ1) is 13.5. The maximum Gasteiger partial charge on any atom is 0.310 e. The lowest BCUT2D eigenvalue weighted by Gasteiger charge is -2.25. The van der Waals surface area contributed by atoms with E-state index < -0.39 is 4.92 Å². The molecule has 3 rings (SSSR count). The number of amides is 1. The first kappa shape index (κ1) is 19.8. The fourth-order valence-electron chi connectivity index (χ4n) is 3.06. The zero-order chi connectivity index (χ0) is 19.9. The normalized spacial score (nSPS) is 16.0. The third-order valence-corrected chi connectivity index (χ3v) is 4.50. The summed E-state index contributed by atoms with van der Waals surface area (Å²) in [5.74, 6) is -0.627. The van der Waals surface area contributed by atoms with Gasteiger partial charge in [0, 0.05) is 25.8 Å². The molecule has 0 radical (unpaired) electrons. The minimum atomic E-state index is -0.553. The molecule has 148 valence electrons. The van der Waals surface area contributed by atoms with Crippen LogP contribution >= 0.6 is 0 Å². The van der Waals surface area contributed by atoms with Gasteiger partial charge in [-0.2, -0.15) is 0 Å². The van der Waals surface area contributed by atoms with Crippen molar-refractivity contribution in [3.05, 3.63) is 70.0 Å². The maximum absolute atomic E-state index is 13.1. The second-order valence-corrected chi connectivity index (χ2v) is 6.55. The Morgan fingerprint density at radius 2 is 2.00 bits per heavy atom. The Kier molecular flexibility index (Phi) is 6.54. The fraction of sp³-hybridized carbons (Fsp3) is 0.350. The number of carbonyl (C=O) groups is 1. The number of carbonyl (C=O) groups excluding carboxylic acids is 1. The number of nitro groups is 1. The van der Waals surface area contributed by atoms with Crippen LogP contribution < -0.4 is 4.74 Å². The molecule has 0 bridgehead atoms. The molecule has 1 amide bonds. The van der Waals surface area contributed by atoms with Gasteiger partial charge in [0.2, 0.25) is 0 Å². The summed E-state index contributed by atoms with van der Waals surface area (Å²) in [6, 6.07) is 11.8. The SMILES string of the molecule is O=C(COc1ccccc1[N+](=O)[O-])N(Cc1ccc(F)cc1)CC1CCCO1. The van der Waals surface area contributed by atoms with Crippen molar-refractivity contribution < 1.29 is 23.6 Å². The van der Waals surface area contributed by atoms with Crippen molar-refractivity contribution in [3.63, 3.8) is 0 Å². The summed E-state index contributed by atoms with van der Waals surface area (Å²) in [5.41, 5.74) is 0.581. The van der Waals surface area contributed by atoms with Crippen LogP contribution in [0.4, 0.5) is 10.1 Å². The van der Waals surface area contributed by atoms with Crippen LogP contribution in [0.2, 0.25) is 0 Å². The van der Waals surface area contributed by atoms with E-state index in [0.717, 1.165) is 18.4 Å². The molecule has 0 spiro atoms. The quantitative estimate of drug-likeness (QED) is 0.512. The van der Waals surface area contributed by atoms with Crippen LogP contribution in [0.15, 0.2) is 48.5 Å². The third-order valence-electron chi connectivity index (χ3n) is 4.50. The van der Waals surface area contributed by atoms with Crippen molar-refractivity contribution in [2.45, 2.75) is 25.5 Å². The summed E-state index contributed by atoms with van der Waals surface area (Å²) in [7, 11) is 0. The molecule has 7 nitrogen and oxygen atoms in total. The van der Waals surface area contributed by atoms with Crippen LogP contribution in [0.25, 0.3) is 0 Å². The van der Waals surface area contributed by atoms with E-state index in [1.54, 1.807) is 23.1 Å². The van der Waals surface area contributed by atoms with Crippen molar-refractivity contribution in [1.82, 2.24) is 4.90 Å². The van der Waals surface area contributed by atoms with E-state index in [1.807, 2.05) is 0 Å². The highest BCUT2D eigenvalue weighted by Gasteiger charge is 2.24. The average molecular weight is 388 g/mol. The number of benzene rings is 2. The lowest BCUT2D eigenvalue weighted by Crippen LogP contribution is -2.39. The Bertz CT molecular complexity index is 822. The molecule has 1 aliphatic rings. The third kappa shape index (κ3) is 5.26. The van der Waals surface area contributed by atoms with Crippen LogP contribution in [0.3, 0.4) is 0 Å². The van der Waals surface area contributed by atoms with E-state index in [0.29, 0.717) is 13.2 Å². The molecular formula is C20H21FN2O5. The summed E-state index contributed by atoms with van der Waals surface area (Å²) >= 11 is 0. The molecule has 1 unspecified atom stereocenters. The second-order valence-electron chi connectivity index (χ2n) is 6.55. The van der Waals surface area contributed by atoms with Crippen LogP contribution in [0.1, 0.15) is 18.4 Å². The molecule has 28 heavy (non-hydrogen) atoms. The smallest absolute Gasteiger partial charge is 0.310 e. The van der Waals surface area contributed by atoms with Crippen molar-refractivity contribution >= 4 is 11.6 Å². The first-order valence-corrected chi connectivity index (χ1v) is 9.03. The predicted octanol–water partition coefficient (Wildman–Crippen LogP) is 3.32. The number of nitrogens with zero attached hydrogens (tertiary/aromatic N) is 2. The van der Waals surface area contributed by atoms with Gasteiger partial charge in [0.25, 0.3) is 5.91 Å². The molecule has 1 atom stereocenters. The molecule has 2 aromatic carbocycles. The standard InChI is InChI=1S/C20H21FN2O5/c21-16-9-7-15(8-10-16)12-22(13-17-4-3-11-27-17)20(24)14-28-19-6-2-1-5-18(19)23(25)26/h1-2,5-10,17H,3-4,11-14H2. The summed E-state index contributed by atoms with van der Waals surface area (Å²) in [5, 5.41) is 11.1. The lowest BCUT2D eigenvalue weighted by atomic mass is 10.1. The topological polar surface area (TPSA) is 81.9 Å². The van der Waals surface area contributed by atoms with Gasteiger partial charge in [0.15, 0.2) is 12.4 Å². The molecular weight excluding hydrogens is 367 g/mol. The van der Waals surface area contributed by atoms with Gasteiger partial charge in [-0.25, -0.2) is 4.39 Å².